The lowest BCUT2D eigenvalue weighted by atomic mass is 10.0. The van der Waals surface area contributed by atoms with Gasteiger partial charge in [-0.15, -0.1) is 0 Å². The fourth-order valence-corrected chi connectivity index (χ4v) is 5.89. The minimum absolute atomic E-state index is 0.934. The average molecular weight is 512 g/mol. The lowest BCUT2D eigenvalue weighted by Gasteiger charge is -2.10. The van der Waals surface area contributed by atoms with Crippen LogP contribution in [-0.4, -0.2) is 14.0 Å². The van der Waals surface area contributed by atoms with Crippen LogP contribution < -0.4 is 0 Å². The summed E-state index contributed by atoms with van der Waals surface area (Å²) in [6.45, 7) is 0. The van der Waals surface area contributed by atoms with E-state index in [1.807, 2.05) is 6.07 Å². The molecule has 0 saturated heterocycles. The van der Waals surface area contributed by atoms with Crippen molar-refractivity contribution in [1.82, 2.24) is 14.0 Å². The van der Waals surface area contributed by atoms with Crippen LogP contribution >= 0.6 is 0 Å². The van der Waals surface area contributed by atoms with E-state index in [1.165, 1.54) is 27.4 Å². The summed E-state index contributed by atoms with van der Waals surface area (Å²) in [6, 6.07) is 51.4. The second kappa shape index (κ2) is 9.11. The summed E-state index contributed by atoms with van der Waals surface area (Å²) in [5, 5.41) is 2.55. The van der Waals surface area contributed by atoms with E-state index in [0.29, 0.717) is 0 Å². The third kappa shape index (κ3) is 3.56. The summed E-state index contributed by atoms with van der Waals surface area (Å²) in [5.74, 6) is 0. The Morgan fingerprint density at radius 3 is 1.62 bits per heavy atom. The van der Waals surface area contributed by atoms with Crippen LogP contribution in [0, 0.1) is 0 Å². The maximum atomic E-state index is 5.06. The molecule has 0 bridgehead atoms. The van der Waals surface area contributed by atoms with Gasteiger partial charge in [0.25, 0.3) is 0 Å². The molecular weight excluding hydrogens is 486 g/mol. The molecular formula is C37H25N3. The molecule has 3 heterocycles. The van der Waals surface area contributed by atoms with Gasteiger partial charge in [-0.1, -0.05) is 109 Å². The Labute approximate surface area is 232 Å². The Kier molecular flexibility index (Phi) is 5.14. The van der Waals surface area contributed by atoms with Gasteiger partial charge in [0, 0.05) is 33.8 Å². The molecule has 0 saturated carbocycles. The average Bonchev–Trinajstić information content (AvgIpc) is 3.58. The molecule has 0 aliphatic heterocycles. The van der Waals surface area contributed by atoms with E-state index >= 15 is 0 Å². The fraction of sp³-hybridized carbons (Fsp3) is 0. The van der Waals surface area contributed by atoms with Crippen molar-refractivity contribution in [3.8, 4) is 39.3 Å². The molecule has 0 radical (unpaired) electrons. The van der Waals surface area contributed by atoms with Gasteiger partial charge in [-0.05, 0) is 47.5 Å². The number of fused-ring (bicyclic) bond motifs is 4. The number of imidazole rings is 1. The molecule has 3 aromatic heterocycles. The molecule has 3 nitrogen and oxygen atoms in total. The number of rotatable bonds is 4. The summed E-state index contributed by atoms with van der Waals surface area (Å²) < 4.78 is 4.58. The summed E-state index contributed by atoms with van der Waals surface area (Å²) in [5.41, 5.74) is 11.2. The van der Waals surface area contributed by atoms with Gasteiger partial charge < -0.3 is 4.57 Å². The molecule has 0 N–H and O–H groups in total. The first-order valence-corrected chi connectivity index (χ1v) is 13.6. The molecule has 0 amide bonds. The first-order chi connectivity index (χ1) is 19.8. The maximum Gasteiger partial charge on any atom is 0.137 e. The molecule has 0 spiro atoms. The maximum absolute atomic E-state index is 5.06. The minimum Gasteiger partial charge on any atom is -0.309 e. The van der Waals surface area contributed by atoms with Crippen LogP contribution in [0.15, 0.2) is 152 Å². The summed E-state index contributed by atoms with van der Waals surface area (Å²) in [6.07, 6.45) is 2.21. The minimum atomic E-state index is 0.934. The number of hydrogen-bond acceptors (Lipinski definition) is 1. The fourth-order valence-electron chi connectivity index (χ4n) is 5.89. The van der Waals surface area contributed by atoms with Crippen LogP contribution in [0.4, 0.5) is 0 Å². The number of aromatic nitrogens is 3. The Balaban J connectivity index is 1.27. The van der Waals surface area contributed by atoms with Crippen molar-refractivity contribution in [3.63, 3.8) is 0 Å². The van der Waals surface area contributed by atoms with Gasteiger partial charge in [-0.2, -0.15) is 0 Å². The standard InChI is InChI=1S/C37H25N3/c1-3-11-27(12-4-1)36-37(28-13-5-2-6-14-28)39-25-29(21-24-35(39)38-36)26-19-22-30(23-20-26)40-33-17-9-7-15-31(33)32-16-8-10-18-34(32)40/h1-25H. The molecule has 0 aliphatic carbocycles. The molecule has 0 aliphatic rings. The van der Waals surface area contributed by atoms with Crippen LogP contribution in [0.25, 0.3) is 66.8 Å². The first-order valence-electron chi connectivity index (χ1n) is 13.6. The highest BCUT2D eigenvalue weighted by Crippen LogP contribution is 2.35. The Hall–Kier alpha value is -5.41. The van der Waals surface area contributed by atoms with Gasteiger partial charge in [0.15, 0.2) is 0 Å². The van der Waals surface area contributed by atoms with E-state index in [0.717, 1.165) is 39.4 Å². The van der Waals surface area contributed by atoms with Crippen LogP contribution in [0.1, 0.15) is 0 Å². The predicted molar refractivity (Wildman–Crippen MR) is 166 cm³/mol. The number of nitrogens with zero attached hydrogens (tertiary/aromatic N) is 3. The SMILES string of the molecule is c1ccc(-c2nc3ccc(-c4ccc(-n5c6ccccc6c6ccccc65)cc4)cn3c2-c2ccccc2)cc1. The molecule has 5 aromatic carbocycles. The molecule has 0 fully saturated rings. The van der Waals surface area contributed by atoms with Crippen molar-refractivity contribution in [2.75, 3.05) is 0 Å². The normalized spacial score (nSPS) is 11.5. The Morgan fingerprint density at radius 1 is 0.425 bits per heavy atom. The second-order valence-corrected chi connectivity index (χ2v) is 10.1. The van der Waals surface area contributed by atoms with Crippen molar-refractivity contribution in [1.29, 1.82) is 0 Å². The second-order valence-electron chi connectivity index (χ2n) is 10.1. The van der Waals surface area contributed by atoms with Crippen molar-refractivity contribution < 1.29 is 0 Å². The van der Waals surface area contributed by atoms with E-state index in [4.69, 9.17) is 4.98 Å². The van der Waals surface area contributed by atoms with Gasteiger partial charge in [0.05, 0.1) is 22.4 Å². The summed E-state index contributed by atoms with van der Waals surface area (Å²) in [7, 11) is 0. The molecule has 188 valence electrons. The van der Waals surface area contributed by atoms with E-state index < -0.39 is 0 Å². The predicted octanol–water partition coefficient (Wildman–Crippen LogP) is 9.43. The van der Waals surface area contributed by atoms with Gasteiger partial charge in [-0.3, -0.25) is 4.40 Å². The number of para-hydroxylation sites is 2. The van der Waals surface area contributed by atoms with Crippen LogP contribution in [0.2, 0.25) is 0 Å². The van der Waals surface area contributed by atoms with E-state index in [9.17, 15) is 0 Å². The third-order valence-corrected chi connectivity index (χ3v) is 7.75. The molecule has 0 atom stereocenters. The monoisotopic (exact) mass is 511 g/mol. The zero-order valence-electron chi connectivity index (χ0n) is 21.8. The highest BCUT2D eigenvalue weighted by Gasteiger charge is 2.17. The number of pyridine rings is 1. The topological polar surface area (TPSA) is 22.2 Å². The zero-order valence-corrected chi connectivity index (χ0v) is 21.8. The van der Waals surface area contributed by atoms with Gasteiger partial charge in [-0.25, -0.2) is 4.98 Å². The Bertz CT molecular complexity index is 2080. The van der Waals surface area contributed by atoms with Gasteiger partial charge in [0.2, 0.25) is 0 Å². The van der Waals surface area contributed by atoms with Crippen molar-refractivity contribution in [2.24, 2.45) is 0 Å². The summed E-state index contributed by atoms with van der Waals surface area (Å²) in [4.78, 5) is 5.06. The van der Waals surface area contributed by atoms with Crippen molar-refractivity contribution in [2.45, 2.75) is 0 Å². The van der Waals surface area contributed by atoms with Crippen LogP contribution in [0.5, 0.6) is 0 Å². The van der Waals surface area contributed by atoms with E-state index in [-0.39, 0.29) is 0 Å². The number of hydrogen-bond donors (Lipinski definition) is 0. The summed E-state index contributed by atoms with van der Waals surface area (Å²) >= 11 is 0. The quantitative estimate of drug-likeness (QED) is 0.231. The molecule has 3 heteroatoms. The zero-order chi connectivity index (χ0) is 26.5. The Morgan fingerprint density at radius 2 is 0.975 bits per heavy atom. The van der Waals surface area contributed by atoms with Crippen molar-refractivity contribution >= 4 is 27.5 Å². The largest absolute Gasteiger partial charge is 0.309 e. The lowest BCUT2D eigenvalue weighted by Crippen LogP contribution is -1.94. The highest BCUT2D eigenvalue weighted by atomic mass is 15.0. The van der Waals surface area contributed by atoms with Crippen LogP contribution in [-0.2, 0) is 0 Å². The molecule has 0 unspecified atom stereocenters. The van der Waals surface area contributed by atoms with Crippen molar-refractivity contribution in [3.05, 3.63) is 152 Å². The first kappa shape index (κ1) is 22.6. The number of benzene rings is 5. The third-order valence-electron chi connectivity index (χ3n) is 7.75. The molecule has 40 heavy (non-hydrogen) atoms. The highest BCUT2D eigenvalue weighted by molar-refractivity contribution is 6.09. The van der Waals surface area contributed by atoms with E-state index in [2.05, 4.69) is 155 Å². The lowest BCUT2D eigenvalue weighted by molar-refractivity contribution is 1.18. The van der Waals surface area contributed by atoms with Gasteiger partial charge in [0.1, 0.15) is 5.65 Å². The molecule has 8 rings (SSSR count). The smallest absolute Gasteiger partial charge is 0.137 e. The molecule has 8 aromatic rings. The van der Waals surface area contributed by atoms with E-state index in [1.54, 1.807) is 0 Å². The van der Waals surface area contributed by atoms with Crippen LogP contribution in [0.3, 0.4) is 0 Å². The van der Waals surface area contributed by atoms with Gasteiger partial charge >= 0.3 is 0 Å².